The average molecular weight is 487 g/mol. The minimum atomic E-state index is -3.97. The summed E-state index contributed by atoms with van der Waals surface area (Å²) in [7, 11) is -2.47. The van der Waals surface area contributed by atoms with E-state index in [-0.39, 0.29) is 11.3 Å². The lowest BCUT2D eigenvalue weighted by molar-refractivity contribution is -0.117. The monoisotopic (exact) mass is 486 g/mol. The number of carbonyl (C=O) groups excluding carboxylic acids is 1. The van der Waals surface area contributed by atoms with E-state index in [4.69, 9.17) is 16.3 Å². The van der Waals surface area contributed by atoms with E-state index >= 15 is 0 Å². The number of hydrogen-bond donors (Lipinski definition) is 2. The van der Waals surface area contributed by atoms with E-state index in [1.54, 1.807) is 32.0 Å². The summed E-state index contributed by atoms with van der Waals surface area (Å²) in [5.41, 5.74) is 3.48. The van der Waals surface area contributed by atoms with E-state index in [1.165, 1.54) is 7.11 Å². The molecular weight excluding hydrogens is 460 g/mol. The molecule has 0 unspecified atom stereocenters. The molecule has 1 amide bonds. The zero-order valence-corrected chi connectivity index (χ0v) is 20.5. The number of nitrogens with one attached hydrogen (secondary N) is 2. The van der Waals surface area contributed by atoms with Gasteiger partial charge in [-0.05, 0) is 62.1 Å². The van der Waals surface area contributed by atoms with Crippen molar-refractivity contribution >= 4 is 33.2 Å². The van der Waals surface area contributed by atoms with E-state index in [1.807, 2.05) is 49.4 Å². The van der Waals surface area contributed by atoms with Gasteiger partial charge in [0.05, 0.1) is 17.0 Å². The molecule has 0 aliphatic heterocycles. The van der Waals surface area contributed by atoms with Crippen molar-refractivity contribution in [2.45, 2.75) is 38.1 Å². The molecule has 3 aromatic rings. The number of rotatable bonds is 8. The highest BCUT2D eigenvalue weighted by molar-refractivity contribution is 7.89. The third-order valence-electron chi connectivity index (χ3n) is 5.19. The number of halogens is 1. The summed E-state index contributed by atoms with van der Waals surface area (Å²) >= 11 is 6.17. The first-order chi connectivity index (χ1) is 15.6. The van der Waals surface area contributed by atoms with Crippen molar-refractivity contribution < 1.29 is 17.9 Å². The van der Waals surface area contributed by atoms with Gasteiger partial charge in [0.1, 0.15) is 11.8 Å². The summed E-state index contributed by atoms with van der Waals surface area (Å²) in [6.07, 6.45) is 0.180. The van der Waals surface area contributed by atoms with Crippen molar-refractivity contribution in [2.24, 2.45) is 0 Å². The zero-order chi connectivity index (χ0) is 24.2. The number of ether oxygens (including phenoxy) is 1. The highest BCUT2D eigenvalue weighted by Crippen LogP contribution is 2.27. The van der Waals surface area contributed by atoms with Gasteiger partial charge >= 0.3 is 0 Å². The predicted molar refractivity (Wildman–Crippen MR) is 132 cm³/mol. The van der Waals surface area contributed by atoms with Crippen LogP contribution in [0.2, 0.25) is 5.02 Å². The van der Waals surface area contributed by atoms with Crippen LogP contribution >= 0.6 is 11.6 Å². The Hall–Kier alpha value is -2.87. The summed E-state index contributed by atoms with van der Waals surface area (Å²) in [4.78, 5) is 13.4. The van der Waals surface area contributed by atoms with E-state index in [0.717, 1.165) is 11.1 Å². The Bertz CT molecular complexity index is 1240. The lowest BCUT2D eigenvalue weighted by Gasteiger charge is -2.21. The molecular formula is C25H27ClN2O4S. The van der Waals surface area contributed by atoms with Crippen molar-refractivity contribution in [3.05, 3.63) is 87.9 Å². The molecule has 3 aromatic carbocycles. The van der Waals surface area contributed by atoms with Gasteiger partial charge < -0.3 is 10.1 Å². The second-order valence-electron chi connectivity index (χ2n) is 7.93. The summed E-state index contributed by atoms with van der Waals surface area (Å²) < 4.78 is 34.5. The number of sulfonamides is 1. The molecule has 1 atom stereocenters. The lowest BCUT2D eigenvalue weighted by atomic mass is 10.1. The Balaban J connectivity index is 1.93. The molecule has 0 saturated heterocycles. The van der Waals surface area contributed by atoms with E-state index in [2.05, 4.69) is 10.0 Å². The van der Waals surface area contributed by atoms with Crippen LogP contribution in [0.4, 0.5) is 5.69 Å². The Morgan fingerprint density at radius 3 is 2.21 bits per heavy atom. The standard InChI is InChI=1S/C25H27ClN2O4S/c1-16-12-17(2)24(18(3)13-16)33(30,31)28-22(14-19-8-6-5-7-9-19)25(29)27-20-10-11-23(32-4)21(26)15-20/h5-13,15,22,28H,14H2,1-4H3,(H,27,29)/t22-/m1/s1. The topological polar surface area (TPSA) is 84.5 Å². The van der Waals surface area contributed by atoms with Crippen LogP contribution in [-0.4, -0.2) is 27.5 Å². The molecule has 174 valence electrons. The van der Waals surface area contributed by atoms with Crippen LogP contribution in [0.25, 0.3) is 0 Å². The SMILES string of the molecule is COc1ccc(NC(=O)[C@@H](Cc2ccccc2)NS(=O)(=O)c2c(C)cc(C)cc2C)cc1Cl. The summed E-state index contributed by atoms with van der Waals surface area (Å²) in [6.45, 7) is 5.41. The molecule has 0 aromatic heterocycles. The Morgan fingerprint density at radius 2 is 1.64 bits per heavy atom. The number of anilines is 1. The third-order valence-corrected chi connectivity index (χ3v) is 7.26. The highest BCUT2D eigenvalue weighted by atomic mass is 35.5. The second-order valence-corrected chi connectivity index (χ2v) is 9.99. The minimum Gasteiger partial charge on any atom is -0.495 e. The van der Waals surface area contributed by atoms with Crippen LogP contribution < -0.4 is 14.8 Å². The molecule has 6 nitrogen and oxygen atoms in total. The maximum absolute atomic E-state index is 13.4. The Labute approximate surface area is 200 Å². The van der Waals surface area contributed by atoms with Crippen molar-refractivity contribution in [1.29, 1.82) is 0 Å². The molecule has 2 N–H and O–H groups in total. The van der Waals surface area contributed by atoms with Crippen molar-refractivity contribution in [1.82, 2.24) is 4.72 Å². The number of carbonyl (C=O) groups is 1. The fourth-order valence-corrected chi connectivity index (χ4v) is 5.75. The first-order valence-corrected chi connectivity index (χ1v) is 12.3. The fourth-order valence-electron chi connectivity index (χ4n) is 3.85. The van der Waals surface area contributed by atoms with Gasteiger partial charge in [-0.1, -0.05) is 59.6 Å². The molecule has 33 heavy (non-hydrogen) atoms. The minimum absolute atomic E-state index is 0.180. The van der Waals surface area contributed by atoms with Gasteiger partial charge in [-0.2, -0.15) is 4.72 Å². The Morgan fingerprint density at radius 1 is 1.00 bits per heavy atom. The fraction of sp³-hybridized carbons (Fsp3) is 0.240. The van der Waals surface area contributed by atoms with Crippen LogP contribution in [0.3, 0.4) is 0 Å². The van der Waals surface area contributed by atoms with Crippen LogP contribution in [0.5, 0.6) is 5.75 Å². The molecule has 0 aliphatic rings. The second kappa shape index (κ2) is 10.4. The van der Waals surface area contributed by atoms with Gasteiger partial charge in [-0.25, -0.2) is 8.42 Å². The zero-order valence-electron chi connectivity index (χ0n) is 19.0. The first-order valence-electron chi connectivity index (χ1n) is 10.4. The van der Waals surface area contributed by atoms with Crippen LogP contribution in [0.1, 0.15) is 22.3 Å². The van der Waals surface area contributed by atoms with Gasteiger partial charge in [0.2, 0.25) is 15.9 Å². The summed E-state index contributed by atoms with van der Waals surface area (Å²) in [5, 5.41) is 3.10. The van der Waals surface area contributed by atoms with Gasteiger partial charge in [-0.15, -0.1) is 0 Å². The highest BCUT2D eigenvalue weighted by Gasteiger charge is 2.28. The first kappa shape index (κ1) is 24.8. The smallest absolute Gasteiger partial charge is 0.242 e. The van der Waals surface area contributed by atoms with E-state index in [9.17, 15) is 13.2 Å². The van der Waals surface area contributed by atoms with Gasteiger partial charge in [0.15, 0.2) is 0 Å². The predicted octanol–water partition coefficient (Wildman–Crippen LogP) is 4.80. The van der Waals surface area contributed by atoms with Crippen LogP contribution in [-0.2, 0) is 21.2 Å². The van der Waals surface area contributed by atoms with Crippen molar-refractivity contribution in [3.8, 4) is 5.75 Å². The molecule has 0 fully saturated rings. The summed E-state index contributed by atoms with van der Waals surface area (Å²) in [6, 6.07) is 16.7. The van der Waals surface area contributed by atoms with Crippen molar-refractivity contribution in [3.63, 3.8) is 0 Å². The molecule has 0 saturated carbocycles. The quantitative estimate of drug-likeness (QED) is 0.479. The lowest BCUT2D eigenvalue weighted by Crippen LogP contribution is -2.45. The number of hydrogen-bond acceptors (Lipinski definition) is 4. The summed E-state index contributed by atoms with van der Waals surface area (Å²) in [5.74, 6) is -0.0207. The molecule has 0 bridgehead atoms. The van der Waals surface area contributed by atoms with Crippen LogP contribution in [0.15, 0.2) is 65.6 Å². The van der Waals surface area contributed by atoms with E-state index in [0.29, 0.717) is 27.6 Å². The van der Waals surface area contributed by atoms with Crippen LogP contribution in [0, 0.1) is 20.8 Å². The number of methoxy groups -OCH3 is 1. The maximum atomic E-state index is 13.4. The number of aryl methyl sites for hydroxylation is 3. The maximum Gasteiger partial charge on any atom is 0.242 e. The Kier molecular flexibility index (Phi) is 7.79. The largest absolute Gasteiger partial charge is 0.495 e. The molecule has 8 heteroatoms. The molecule has 0 spiro atoms. The van der Waals surface area contributed by atoms with Gasteiger partial charge in [0, 0.05) is 5.69 Å². The molecule has 0 aliphatic carbocycles. The van der Waals surface area contributed by atoms with Gasteiger partial charge in [-0.3, -0.25) is 4.79 Å². The molecule has 0 radical (unpaired) electrons. The van der Waals surface area contributed by atoms with E-state index < -0.39 is 22.0 Å². The van der Waals surface area contributed by atoms with Gasteiger partial charge in [0.25, 0.3) is 0 Å². The molecule has 3 rings (SSSR count). The third kappa shape index (κ3) is 6.13. The molecule has 0 heterocycles. The number of amides is 1. The number of benzene rings is 3. The average Bonchev–Trinajstić information content (AvgIpc) is 2.73. The normalized spacial score (nSPS) is 12.3. The van der Waals surface area contributed by atoms with Crippen molar-refractivity contribution in [2.75, 3.05) is 12.4 Å².